The van der Waals surface area contributed by atoms with Crippen LogP contribution in [0.3, 0.4) is 0 Å². The highest BCUT2D eigenvalue weighted by molar-refractivity contribution is 5.76. The van der Waals surface area contributed by atoms with Crippen molar-refractivity contribution in [2.24, 2.45) is 52.3 Å². The lowest BCUT2D eigenvalue weighted by Crippen LogP contribution is -2.61. The van der Waals surface area contributed by atoms with Gasteiger partial charge in [0.25, 0.3) is 0 Å². The molecule has 0 saturated heterocycles. The van der Waals surface area contributed by atoms with Crippen molar-refractivity contribution in [3.05, 3.63) is 0 Å². The van der Waals surface area contributed by atoms with Crippen LogP contribution in [-0.2, 0) is 19.1 Å². The van der Waals surface area contributed by atoms with E-state index in [1.807, 2.05) is 20.8 Å². The second-order valence-corrected chi connectivity index (χ2v) is 13.9. The molecule has 4 unspecified atom stereocenters. The van der Waals surface area contributed by atoms with E-state index in [1.165, 1.54) is 32.1 Å². The normalized spacial score (nSPS) is 45.0. The molecule has 0 spiro atoms. The summed E-state index contributed by atoms with van der Waals surface area (Å²) < 4.78 is 12.9. The second-order valence-electron chi connectivity index (χ2n) is 13.9. The Bertz CT molecular complexity index is 785. The maximum absolute atomic E-state index is 14.1. The zero-order valence-corrected chi connectivity index (χ0v) is 22.5. The molecular formula is C30H48O4. The van der Waals surface area contributed by atoms with Crippen molar-refractivity contribution in [3.8, 4) is 0 Å². The molecule has 7 rings (SSSR count). The highest BCUT2D eigenvalue weighted by Gasteiger charge is 2.62. The van der Waals surface area contributed by atoms with Gasteiger partial charge in [0.05, 0.1) is 11.3 Å². The van der Waals surface area contributed by atoms with E-state index < -0.39 is 5.41 Å². The first-order chi connectivity index (χ1) is 16.0. The number of carbonyl (C=O) groups is 2. The number of esters is 2. The van der Waals surface area contributed by atoms with Gasteiger partial charge in [-0.15, -0.1) is 0 Å². The number of hydrogen-bond donors (Lipinski definition) is 0. The molecule has 7 fully saturated rings. The van der Waals surface area contributed by atoms with Gasteiger partial charge < -0.3 is 9.47 Å². The van der Waals surface area contributed by atoms with Crippen LogP contribution in [0.15, 0.2) is 0 Å². The molecule has 4 nitrogen and oxygen atoms in total. The molecule has 7 aliphatic carbocycles. The standard InChI is InChI=1S/C30H48O4/c1-7-28(5,6)27(32)33-25-17-29(18(3)4)10-9-21(25)16-24(29)26(31)34-30(8-2)22-12-19-11-20(14-22)15-23(30)13-19/h18-25H,7-17H2,1-6H3. The fourth-order valence-electron chi connectivity index (χ4n) is 9.30. The Kier molecular flexibility index (Phi) is 6.16. The summed E-state index contributed by atoms with van der Waals surface area (Å²) in [6.07, 6.45) is 11.9. The summed E-state index contributed by atoms with van der Waals surface area (Å²) >= 11 is 0. The van der Waals surface area contributed by atoms with Crippen LogP contribution in [0.2, 0.25) is 0 Å². The third kappa shape index (κ3) is 3.67. The Hall–Kier alpha value is -1.06. The molecule has 0 aromatic heterocycles. The molecule has 0 heterocycles. The topological polar surface area (TPSA) is 52.6 Å². The Morgan fingerprint density at radius 3 is 2.12 bits per heavy atom. The van der Waals surface area contributed by atoms with Gasteiger partial charge >= 0.3 is 11.9 Å². The van der Waals surface area contributed by atoms with Crippen LogP contribution < -0.4 is 0 Å². The lowest BCUT2D eigenvalue weighted by molar-refractivity contribution is -0.227. The van der Waals surface area contributed by atoms with Gasteiger partial charge in [0, 0.05) is 0 Å². The highest BCUT2D eigenvalue weighted by atomic mass is 16.6. The van der Waals surface area contributed by atoms with Crippen LogP contribution in [0.5, 0.6) is 0 Å². The molecule has 0 N–H and O–H groups in total. The second kappa shape index (κ2) is 8.51. The molecule has 192 valence electrons. The third-order valence-corrected chi connectivity index (χ3v) is 11.8. The number of ether oxygens (including phenoxy) is 2. The molecule has 7 saturated carbocycles. The molecule has 0 aromatic rings. The van der Waals surface area contributed by atoms with Crippen LogP contribution >= 0.6 is 0 Å². The molecule has 0 amide bonds. The van der Waals surface area contributed by atoms with Gasteiger partial charge in [-0.3, -0.25) is 9.59 Å². The van der Waals surface area contributed by atoms with Gasteiger partial charge in [0.1, 0.15) is 11.7 Å². The quantitative estimate of drug-likeness (QED) is 0.376. The lowest BCUT2D eigenvalue weighted by Gasteiger charge is -2.61. The summed E-state index contributed by atoms with van der Waals surface area (Å²) in [5, 5.41) is 0. The average molecular weight is 473 g/mol. The summed E-state index contributed by atoms with van der Waals surface area (Å²) in [7, 11) is 0. The summed E-state index contributed by atoms with van der Waals surface area (Å²) in [6.45, 7) is 12.8. The van der Waals surface area contributed by atoms with E-state index in [9.17, 15) is 9.59 Å². The van der Waals surface area contributed by atoms with Crippen molar-refractivity contribution in [1.82, 2.24) is 0 Å². The molecule has 0 radical (unpaired) electrons. The largest absolute Gasteiger partial charge is 0.462 e. The smallest absolute Gasteiger partial charge is 0.311 e. The number of hydrogen-bond acceptors (Lipinski definition) is 4. The summed E-state index contributed by atoms with van der Waals surface area (Å²) in [5.74, 6) is 3.47. The molecule has 0 aromatic carbocycles. The summed E-state index contributed by atoms with van der Waals surface area (Å²) in [5.41, 5.74) is -0.794. The van der Waals surface area contributed by atoms with E-state index in [-0.39, 0.29) is 40.9 Å². The Morgan fingerprint density at radius 2 is 1.59 bits per heavy atom. The van der Waals surface area contributed by atoms with Gasteiger partial charge in [-0.1, -0.05) is 27.7 Å². The van der Waals surface area contributed by atoms with E-state index in [4.69, 9.17) is 9.47 Å². The van der Waals surface area contributed by atoms with Crippen LogP contribution in [0.25, 0.3) is 0 Å². The van der Waals surface area contributed by atoms with Crippen molar-refractivity contribution in [2.75, 3.05) is 0 Å². The van der Waals surface area contributed by atoms with Gasteiger partial charge in [-0.25, -0.2) is 0 Å². The molecule has 4 atom stereocenters. The predicted molar refractivity (Wildman–Crippen MR) is 133 cm³/mol. The summed E-state index contributed by atoms with van der Waals surface area (Å²) in [4.78, 5) is 27.0. The first kappa shape index (κ1) is 24.6. The van der Waals surface area contributed by atoms with Crippen LogP contribution in [0, 0.1) is 52.3 Å². The van der Waals surface area contributed by atoms with Crippen molar-refractivity contribution < 1.29 is 19.1 Å². The molecule has 7 aliphatic rings. The van der Waals surface area contributed by atoms with E-state index in [2.05, 4.69) is 20.8 Å². The van der Waals surface area contributed by atoms with Gasteiger partial charge in [0.15, 0.2) is 0 Å². The van der Waals surface area contributed by atoms with Crippen LogP contribution in [0.1, 0.15) is 112 Å². The zero-order chi connectivity index (χ0) is 24.5. The molecular weight excluding hydrogens is 424 g/mol. The minimum absolute atomic E-state index is 0.0546. The Morgan fingerprint density at radius 1 is 0.971 bits per heavy atom. The van der Waals surface area contributed by atoms with Gasteiger partial charge in [-0.05, 0) is 125 Å². The third-order valence-electron chi connectivity index (χ3n) is 11.8. The number of carbonyl (C=O) groups excluding carboxylic acids is 2. The van der Waals surface area contributed by atoms with Gasteiger partial charge in [-0.2, -0.15) is 0 Å². The Labute approximate surface area is 207 Å². The minimum atomic E-state index is -0.451. The van der Waals surface area contributed by atoms with Crippen molar-refractivity contribution in [3.63, 3.8) is 0 Å². The van der Waals surface area contributed by atoms with Crippen LogP contribution in [0.4, 0.5) is 0 Å². The zero-order valence-electron chi connectivity index (χ0n) is 22.5. The monoisotopic (exact) mass is 472 g/mol. The SMILES string of the molecule is CCC(C)(C)C(=O)OC1CC2(C(C)C)CCC1CC2C(=O)OC1(CC)C2CC3CC(C2)CC1C3. The highest BCUT2D eigenvalue weighted by Crippen LogP contribution is 2.63. The lowest BCUT2D eigenvalue weighted by atomic mass is 9.48. The summed E-state index contributed by atoms with van der Waals surface area (Å²) in [6, 6.07) is 0. The van der Waals surface area contributed by atoms with E-state index >= 15 is 0 Å². The maximum Gasteiger partial charge on any atom is 0.311 e. The van der Waals surface area contributed by atoms with E-state index in [0.717, 1.165) is 50.4 Å². The molecule has 4 heteroatoms. The number of fused-ring (bicyclic) bond motifs is 3. The molecule has 34 heavy (non-hydrogen) atoms. The predicted octanol–water partition coefficient (Wildman–Crippen LogP) is 6.94. The minimum Gasteiger partial charge on any atom is -0.462 e. The first-order valence-electron chi connectivity index (χ1n) is 14.5. The fraction of sp³-hybridized carbons (Fsp3) is 0.933. The van der Waals surface area contributed by atoms with E-state index in [1.54, 1.807) is 0 Å². The van der Waals surface area contributed by atoms with Crippen LogP contribution in [-0.4, -0.2) is 23.6 Å². The van der Waals surface area contributed by atoms with E-state index in [0.29, 0.717) is 17.8 Å². The number of rotatable bonds is 7. The fourth-order valence-corrected chi connectivity index (χ4v) is 9.30. The van der Waals surface area contributed by atoms with Gasteiger partial charge in [0.2, 0.25) is 0 Å². The Balaban J connectivity index is 1.35. The maximum atomic E-state index is 14.1. The van der Waals surface area contributed by atoms with Crippen molar-refractivity contribution >= 4 is 11.9 Å². The first-order valence-corrected chi connectivity index (χ1v) is 14.5. The molecule has 0 aliphatic heterocycles. The molecule has 6 bridgehead atoms. The van der Waals surface area contributed by atoms with Crippen molar-refractivity contribution in [2.45, 2.75) is 124 Å². The van der Waals surface area contributed by atoms with Crippen molar-refractivity contribution in [1.29, 1.82) is 0 Å². The average Bonchev–Trinajstić information content (AvgIpc) is 2.81.